The van der Waals surface area contributed by atoms with Crippen molar-refractivity contribution in [3.63, 3.8) is 0 Å². The Morgan fingerprint density at radius 3 is 1.79 bits per heavy atom. The summed E-state index contributed by atoms with van der Waals surface area (Å²) in [6, 6.07) is 11.9. The van der Waals surface area contributed by atoms with E-state index in [4.69, 9.17) is 56.6 Å². The Kier molecular flexibility index (Phi) is 7.89. The average Bonchev–Trinajstić information content (AvgIpc) is 2.76. The summed E-state index contributed by atoms with van der Waals surface area (Å²) < 4.78 is 2.28. The van der Waals surface area contributed by atoms with Crippen LogP contribution in [-0.4, -0.2) is 31.3 Å². The SMILES string of the molecule is O=C(O)Cn1c(=O)ccc2c(Cl)c(Cl)ccc21.O=C(O)Cn1c(=O)ccc2cc(Cl)c(Cl)cc21. The number of aliphatic carboxylic acids is 2. The van der Waals surface area contributed by atoms with Gasteiger partial charge >= 0.3 is 11.9 Å². The normalized spacial score (nSPS) is 10.7. The Labute approximate surface area is 211 Å². The number of carboxylic acids is 2. The monoisotopic (exact) mass is 542 g/mol. The number of hydrogen-bond acceptors (Lipinski definition) is 4. The van der Waals surface area contributed by atoms with Crippen LogP contribution in [0.15, 0.2) is 58.1 Å². The van der Waals surface area contributed by atoms with Crippen LogP contribution < -0.4 is 11.1 Å². The molecule has 34 heavy (non-hydrogen) atoms. The highest BCUT2D eigenvalue weighted by Crippen LogP contribution is 2.30. The Bertz CT molecular complexity index is 1530. The zero-order valence-corrected chi connectivity index (χ0v) is 20.0. The minimum Gasteiger partial charge on any atom is -0.480 e. The van der Waals surface area contributed by atoms with E-state index < -0.39 is 36.1 Å². The molecular weight excluding hydrogens is 530 g/mol. The molecule has 0 saturated carbocycles. The molecule has 0 saturated heterocycles. The van der Waals surface area contributed by atoms with Gasteiger partial charge in [0.25, 0.3) is 11.1 Å². The van der Waals surface area contributed by atoms with Gasteiger partial charge in [-0.05, 0) is 36.4 Å². The highest BCUT2D eigenvalue weighted by atomic mass is 35.5. The molecule has 0 amide bonds. The molecule has 2 aromatic carbocycles. The van der Waals surface area contributed by atoms with Gasteiger partial charge in [0.05, 0.1) is 31.1 Å². The van der Waals surface area contributed by atoms with Crippen LogP contribution in [0.2, 0.25) is 20.1 Å². The quantitative estimate of drug-likeness (QED) is 0.382. The second-order valence-corrected chi connectivity index (χ2v) is 8.52. The molecule has 8 nitrogen and oxygen atoms in total. The molecule has 0 fully saturated rings. The van der Waals surface area contributed by atoms with Crippen molar-refractivity contribution >= 4 is 80.1 Å². The fourth-order valence-corrected chi connectivity index (χ4v) is 3.92. The molecular formula is C22H14Cl4N2O6. The van der Waals surface area contributed by atoms with Gasteiger partial charge in [0.2, 0.25) is 0 Å². The molecule has 0 aliphatic heterocycles. The molecule has 2 heterocycles. The van der Waals surface area contributed by atoms with Gasteiger partial charge in [-0.2, -0.15) is 0 Å². The number of benzene rings is 2. The van der Waals surface area contributed by atoms with Crippen molar-refractivity contribution in [2.45, 2.75) is 13.1 Å². The first-order valence-corrected chi connectivity index (χ1v) is 10.9. The standard InChI is InChI=1S/2C11H7Cl2NO3/c12-7-2-3-8-6(11(7)13)1-4-9(15)14(8)5-10(16)17;12-7-3-6-1-2-10(15)14(5-11(16)17)9(6)4-8(7)13/h2*1-4H,5H2,(H,16,17). The molecule has 4 rings (SSSR count). The van der Waals surface area contributed by atoms with Crippen LogP contribution in [0.5, 0.6) is 0 Å². The van der Waals surface area contributed by atoms with E-state index >= 15 is 0 Å². The molecule has 2 aromatic heterocycles. The topological polar surface area (TPSA) is 119 Å². The van der Waals surface area contributed by atoms with Crippen molar-refractivity contribution in [3.05, 3.63) is 89.3 Å². The lowest BCUT2D eigenvalue weighted by Gasteiger charge is -2.09. The third kappa shape index (κ3) is 5.53. The van der Waals surface area contributed by atoms with Crippen molar-refractivity contribution in [1.29, 1.82) is 0 Å². The van der Waals surface area contributed by atoms with Crippen molar-refractivity contribution < 1.29 is 19.8 Å². The summed E-state index contributed by atoms with van der Waals surface area (Å²) >= 11 is 23.5. The number of fused-ring (bicyclic) bond motifs is 2. The fraction of sp³-hybridized carbons (Fsp3) is 0.0909. The lowest BCUT2D eigenvalue weighted by molar-refractivity contribution is -0.138. The number of pyridine rings is 2. The number of halogens is 4. The summed E-state index contributed by atoms with van der Waals surface area (Å²) in [4.78, 5) is 44.6. The van der Waals surface area contributed by atoms with Crippen LogP contribution in [0.4, 0.5) is 0 Å². The molecule has 176 valence electrons. The van der Waals surface area contributed by atoms with E-state index in [0.717, 1.165) is 9.13 Å². The minimum absolute atomic E-state index is 0.281. The molecule has 0 aliphatic rings. The highest BCUT2D eigenvalue weighted by molar-refractivity contribution is 6.45. The molecule has 12 heteroatoms. The first-order chi connectivity index (χ1) is 16.0. The molecule has 0 bridgehead atoms. The lowest BCUT2D eigenvalue weighted by Crippen LogP contribution is -2.23. The summed E-state index contributed by atoms with van der Waals surface area (Å²) in [6.45, 7) is -0.817. The van der Waals surface area contributed by atoms with Gasteiger partial charge in [0.1, 0.15) is 13.1 Å². The maximum Gasteiger partial charge on any atom is 0.323 e. The van der Waals surface area contributed by atoms with E-state index in [2.05, 4.69) is 0 Å². The smallest absolute Gasteiger partial charge is 0.323 e. The van der Waals surface area contributed by atoms with Gasteiger partial charge in [-0.15, -0.1) is 0 Å². The molecule has 0 radical (unpaired) electrons. The van der Waals surface area contributed by atoms with Crippen LogP contribution in [0.3, 0.4) is 0 Å². The van der Waals surface area contributed by atoms with E-state index in [-0.39, 0.29) is 5.02 Å². The summed E-state index contributed by atoms with van der Waals surface area (Å²) in [5.74, 6) is -2.18. The van der Waals surface area contributed by atoms with Crippen LogP contribution in [0.1, 0.15) is 0 Å². The van der Waals surface area contributed by atoms with Gasteiger partial charge in [0, 0.05) is 22.9 Å². The number of rotatable bonds is 4. The third-order valence-corrected chi connectivity index (χ3v) is 6.22. The van der Waals surface area contributed by atoms with E-state index in [1.807, 2.05) is 0 Å². The number of carbonyl (C=O) groups is 2. The van der Waals surface area contributed by atoms with Crippen molar-refractivity contribution in [1.82, 2.24) is 9.13 Å². The van der Waals surface area contributed by atoms with Crippen molar-refractivity contribution in [3.8, 4) is 0 Å². The predicted molar refractivity (Wildman–Crippen MR) is 132 cm³/mol. The van der Waals surface area contributed by atoms with E-state index in [0.29, 0.717) is 36.9 Å². The van der Waals surface area contributed by atoms with Crippen LogP contribution in [0, 0.1) is 0 Å². The molecule has 0 aliphatic carbocycles. The van der Waals surface area contributed by atoms with E-state index in [9.17, 15) is 19.2 Å². The Morgan fingerprint density at radius 2 is 1.21 bits per heavy atom. The second-order valence-electron chi connectivity index (χ2n) is 6.92. The average molecular weight is 544 g/mol. The van der Waals surface area contributed by atoms with Gasteiger partial charge < -0.3 is 10.2 Å². The van der Waals surface area contributed by atoms with Gasteiger partial charge in [-0.3, -0.25) is 28.3 Å². The number of aromatic nitrogens is 2. The molecule has 4 aromatic rings. The first kappa shape index (κ1) is 25.6. The Balaban J connectivity index is 0.000000191. The summed E-state index contributed by atoms with van der Waals surface area (Å²) in [5, 5.41) is 20.0. The third-order valence-electron chi connectivity index (χ3n) is 4.68. The predicted octanol–water partition coefficient (Wildman–Crippen LogP) is 4.79. The maximum atomic E-state index is 11.6. The Hall–Kier alpha value is -3.04. The summed E-state index contributed by atoms with van der Waals surface area (Å²) in [7, 11) is 0. The first-order valence-electron chi connectivity index (χ1n) is 9.39. The lowest BCUT2D eigenvalue weighted by atomic mass is 10.2. The molecule has 0 unspecified atom stereocenters. The summed E-state index contributed by atoms with van der Waals surface area (Å²) in [5.41, 5.74) is 0.125. The molecule has 0 spiro atoms. The largest absolute Gasteiger partial charge is 0.480 e. The van der Waals surface area contributed by atoms with Crippen molar-refractivity contribution in [2.24, 2.45) is 0 Å². The number of hydrogen-bond donors (Lipinski definition) is 2. The van der Waals surface area contributed by atoms with Gasteiger partial charge in [0.15, 0.2) is 0 Å². The maximum absolute atomic E-state index is 11.6. The highest BCUT2D eigenvalue weighted by Gasteiger charge is 2.11. The van der Waals surface area contributed by atoms with Crippen LogP contribution >= 0.6 is 46.4 Å². The second kappa shape index (κ2) is 10.5. The van der Waals surface area contributed by atoms with Gasteiger partial charge in [-0.25, -0.2) is 0 Å². The zero-order chi connectivity index (χ0) is 25.2. The molecule has 0 atom stereocenters. The number of carboxylic acid groups (broad SMARTS) is 2. The van der Waals surface area contributed by atoms with Crippen LogP contribution in [0.25, 0.3) is 21.8 Å². The van der Waals surface area contributed by atoms with Crippen LogP contribution in [-0.2, 0) is 22.7 Å². The Morgan fingerprint density at radius 1 is 0.676 bits per heavy atom. The van der Waals surface area contributed by atoms with Crippen molar-refractivity contribution in [2.75, 3.05) is 0 Å². The van der Waals surface area contributed by atoms with E-state index in [1.54, 1.807) is 18.2 Å². The fourth-order valence-electron chi connectivity index (χ4n) is 3.20. The molecule has 2 N–H and O–H groups in total. The zero-order valence-electron chi connectivity index (χ0n) is 17.0. The minimum atomic E-state index is -1.09. The summed E-state index contributed by atoms with van der Waals surface area (Å²) in [6.07, 6.45) is 0. The number of nitrogens with zero attached hydrogens (tertiary/aromatic N) is 2. The van der Waals surface area contributed by atoms with E-state index in [1.165, 1.54) is 30.3 Å². The van der Waals surface area contributed by atoms with Gasteiger partial charge in [-0.1, -0.05) is 46.4 Å².